The lowest BCUT2D eigenvalue weighted by Crippen LogP contribution is -2.32. The van der Waals surface area contributed by atoms with Gasteiger partial charge in [0.1, 0.15) is 17.5 Å². The van der Waals surface area contributed by atoms with Gasteiger partial charge in [-0.15, -0.1) is 0 Å². The molecule has 2 atom stereocenters. The van der Waals surface area contributed by atoms with E-state index >= 15 is 0 Å². The van der Waals surface area contributed by atoms with Crippen molar-refractivity contribution in [1.82, 2.24) is 9.97 Å². The van der Waals surface area contributed by atoms with Crippen LogP contribution in [-0.2, 0) is 6.42 Å². The molecular weight excluding hydrogens is 212 g/mol. The number of hydrogen-bond donors (Lipinski definition) is 1. The van der Waals surface area contributed by atoms with Gasteiger partial charge in [0, 0.05) is 25.1 Å². The number of aromatic nitrogens is 2. The molecule has 17 heavy (non-hydrogen) atoms. The van der Waals surface area contributed by atoms with Crippen molar-refractivity contribution in [2.75, 3.05) is 17.2 Å². The smallest absolute Gasteiger partial charge is 0.134 e. The van der Waals surface area contributed by atoms with Crippen LogP contribution in [0.2, 0.25) is 0 Å². The summed E-state index contributed by atoms with van der Waals surface area (Å²) in [7, 11) is 0. The Morgan fingerprint density at radius 3 is 2.94 bits per heavy atom. The van der Waals surface area contributed by atoms with Gasteiger partial charge in [0.2, 0.25) is 0 Å². The maximum atomic E-state index is 5.88. The summed E-state index contributed by atoms with van der Waals surface area (Å²) >= 11 is 0. The highest BCUT2D eigenvalue weighted by Crippen LogP contribution is 2.39. The summed E-state index contributed by atoms with van der Waals surface area (Å²) in [6, 6.07) is 2.63. The van der Waals surface area contributed by atoms with Crippen LogP contribution in [0.1, 0.15) is 38.4 Å². The molecule has 1 aliphatic carbocycles. The number of nitrogens with two attached hydrogens (primary N) is 1. The minimum atomic E-state index is 0.612. The monoisotopic (exact) mass is 232 g/mol. The van der Waals surface area contributed by atoms with Crippen LogP contribution >= 0.6 is 0 Å². The van der Waals surface area contributed by atoms with Crippen LogP contribution in [0.15, 0.2) is 6.07 Å². The van der Waals surface area contributed by atoms with E-state index in [-0.39, 0.29) is 0 Å². The second kappa shape index (κ2) is 4.17. The summed E-state index contributed by atoms with van der Waals surface area (Å²) in [6.45, 7) is 3.30. The van der Waals surface area contributed by atoms with Crippen molar-refractivity contribution in [1.29, 1.82) is 0 Å². The van der Waals surface area contributed by atoms with Crippen molar-refractivity contribution in [3.05, 3.63) is 11.9 Å². The van der Waals surface area contributed by atoms with E-state index in [0.29, 0.717) is 11.9 Å². The molecule has 3 rings (SSSR count). The molecule has 1 aromatic rings. The fourth-order valence-corrected chi connectivity index (χ4v) is 3.19. The first-order valence-corrected chi connectivity index (χ1v) is 6.66. The Morgan fingerprint density at radius 1 is 1.41 bits per heavy atom. The van der Waals surface area contributed by atoms with Gasteiger partial charge in [-0.2, -0.15) is 0 Å². The molecule has 2 heterocycles. The zero-order valence-electron chi connectivity index (χ0n) is 10.4. The van der Waals surface area contributed by atoms with Crippen LogP contribution in [0.3, 0.4) is 0 Å². The van der Waals surface area contributed by atoms with E-state index in [1.807, 2.05) is 6.07 Å². The Hall–Kier alpha value is -1.32. The summed E-state index contributed by atoms with van der Waals surface area (Å²) in [5, 5.41) is 0. The van der Waals surface area contributed by atoms with Gasteiger partial charge in [0.25, 0.3) is 0 Å². The standard InChI is InChI=1S/C13H20N4/c1-2-3-12-15-11(14)7-13(16-12)17-8-9-4-5-10(17)6-9/h7,9-10H,2-6,8H2,1H3,(H2,14,15,16). The molecule has 1 saturated carbocycles. The van der Waals surface area contributed by atoms with Gasteiger partial charge < -0.3 is 10.6 Å². The highest BCUT2D eigenvalue weighted by atomic mass is 15.3. The second-order valence-corrected chi connectivity index (χ2v) is 5.30. The fourth-order valence-electron chi connectivity index (χ4n) is 3.19. The molecule has 2 aliphatic rings. The molecule has 4 heteroatoms. The zero-order valence-corrected chi connectivity index (χ0v) is 10.4. The third kappa shape index (κ3) is 1.96. The molecule has 0 amide bonds. The molecule has 92 valence electrons. The predicted octanol–water partition coefficient (Wildman–Crippen LogP) is 2.00. The molecule has 0 radical (unpaired) electrons. The average molecular weight is 232 g/mol. The molecule has 2 bridgehead atoms. The highest BCUT2D eigenvalue weighted by molar-refractivity contribution is 5.49. The molecule has 0 spiro atoms. The third-order valence-corrected chi connectivity index (χ3v) is 3.96. The van der Waals surface area contributed by atoms with E-state index in [2.05, 4.69) is 21.8 Å². The Morgan fingerprint density at radius 2 is 2.29 bits per heavy atom. The second-order valence-electron chi connectivity index (χ2n) is 5.30. The number of hydrogen-bond acceptors (Lipinski definition) is 4. The van der Waals surface area contributed by atoms with Gasteiger partial charge in [-0.1, -0.05) is 6.92 Å². The Bertz CT molecular complexity index is 418. The van der Waals surface area contributed by atoms with Crippen molar-refractivity contribution < 1.29 is 0 Å². The molecule has 1 aromatic heterocycles. The summed E-state index contributed by atoms with van der Waals surface area (Å²) in [5.41, 5.74) is 5.88. The largest absolute Gasteiger partial charge is 0.384 e. The van der Waals surface area contributed by atoms with Crippen LogP contribution in [0.5, 0.6) is 0 Å². The van der Waals surface area contributed by atoms with E-state index in [9.17, 15) is 0 Å². The molecular formula is C13H20N4. The summed E-state index contributed by atoms with van der Waals surface area (Å²) in [5.74, 6) is 3.44. The average Bonchev–Trinajstić information content (AvgIpc) is 2.90. The van der Waals surface area contributed by atoms with E-state index in [4.69, 9.17) is 5.73 Å². The van der Waals surface area contributed by atoms with Gasteiger partial charge in [0.05, 0.1) is 0 Å². The number of aryl methyl sites for hydroxylation is 1. The van der Waals surface area contributed by atoms with E-state index in [0.717, 1.165) is 36.9 Å². The molecule has 1 saturated heterocycles. The van der Waals surface area contributed by atoms with E-state index < -0.39 is 0 Å². The Kier molecular flexibility index (Phi) is 2.65. The number of anilines is 2. The van der Waals surface area contributed by atoms with Crippen LogP contribution in [0.25, 0.3) is 0 Å². The van der Waals surface area contributed by atoms with Gasteiger partial charge in [-0.25, -0.2) is 9.97 Å². The first-order valence-electron chi connectivity index (χ1n) is 6.66. The maximum Gasteiger partial charge on any atom is 0.134 e. The number of nitrogens with zero attached hydrogens (tertiary/aromatic N) is 3. The lowest BCUT2D eigenvalue weighted by atomic mass is 10.1. The normalized spacial score (nSPS) is 26.8. The van der Waals surface area contributed by atoms with Gasteiger partial charge in [-0.05, 0) is 31.6 Å². The van der Waals surface area contributed by atoms with Crippen LogP contribution < -0.4 is 10.6 Å². The molecule has 1 aliphatic heterocycles. The van der Waals surface area contributed by atoms with Crippen molar-refractivity contribution in [3.63, 3.8) is 0 Å². The van der Waals surface area contributed by atoms with Gasteiger partial charge >= 0.3 is 0 Å². The SMILES string of the molecule is CCCc1nc(N)cc(N2CC3CCC2C3)n1. The number of nitrogen functional groups attached to an aromatic ring is 1. The van der Waals surface area contributed by atoms with Crippen molar-refractivity contribution in [2.45, 2.75) is 45.1 Å². The number of fused-ring (bicyclic) bond motifs is 2. The fraction of sp³-hybridized carbons (Fsp3) is 0.692. The Balaban J connectivity index is 1.87. The Labute approximate surface area is 102 Å². The summed E-state index contributed by atoms with van der Waals surface area (Å²) in [4.78, 5) is 11.4. The van der Waals surface area contributed by atoms with E-state index in [1.165, 1.54) is 19.3 Å². The minimum Gasteiger partial charge on any atom is -0.384 e. The lowest BCUT2D eigenvalue weighted by molar-refractivity contribution is 0.549. The zero-order chi connectivity index (χ0) is 11.8. The molecule has 0 aromatic carbocycles. The van der Waals surface area contributed by atoms with Crippen LogP contribution in [0.4, 0.5) is 11.6 Å². The number of rotatable bonds is 3. The van der Waals surface area contributed by atoms with Crippen LogP contribution in [0, 0.1) is 5.92 Å². The predicted molar refractivity (Wildman–Crippen MR) is 68.9 cm³/mol. The topological polar surface area (TPSA) is 55.0 Å². The van der Waals surface area contributed by atoms with Gasteiger partial charge in [0.15, 0.2) is 0 Å². The summed E-state index contributed by atoms with van der Waals surface area (Å²) in [6.07, 6.45) is 6.03. The first-order chi connectivity index (χ1) is 8.26. The van der Waals surface area contributed by atoms with Crippen LogP contribution in [-0.4, -0.2) is 22.6 Å². The maximum absolute atomic E-state index is 5.88. The van der Waals surface area contributed by atoms with Gasteiger partial charge in [-0.3, -0.25) is 0 Å². The third-order valence-electron chi connectivity index (χ3n) is 3.96. The summed E-state index contributed by atoms with van der Waals surface area (Å²) < 4.78 is 0. The quantitative estimate of drug-likeness (QED) is 0.866. The van der Waals surface area contributed by atoms with E-state index in [1.54, 1.807) is 0 Å². The molecule has 2 fully saturated rings. The van der Waals surface area contributed by atoms with Crippen molar-refractivity contribution in [2.24, 2.45) is 5.92 Å². The molecule has 2 N–H and O–H groups in total. The molecule has 2 unspecified atom stereocenters. The number of piperidine rings is 1. The first kappa shape index (κ1) is 10.8. The minimum absolute atomic E-state index is 0.612. The lowest BCUT2D eigenvalue weighted by Gasteiger charge is -2.28. The molecule has 4 nitrogen and oxygen atoms in total. The highest BCUT2D eigenvalue weighted by Gasteiger charge is 2.38. The van der Waals surface area contributed by atoms with Crippen molar-refractivity contribution >= 4 is 11.6 Å². The van der Waals surface area contributed by atoms with Crippen molar-refractivity contribution in [3.8, 4) is 0 Å².